The molecule has 3 nitrogen and oxygen atoms in total. The first-order chi connectivity index (χ1) is 6.24. The lowest BCUT2D eigenvalue weighted by Crippen LogP contribution is -2.03. The van der Waals surface area contributed by atoms with Crippen LogP contribution >= 0.6 is 27.7 Å². The Balaban J connectivity index is 2.54. The topological polar surface area (TPSA) is 39.2 Å². The number of aromatic nitrogens is 1. The first-order valence-electron chi connectivity index (χ1n) is 3.54. The average Bonchev–Trinajstić information content (AvgIpc) is 2.16. The van der Waals surface area contributed by atoms with Crippen LogP contribution in [0.2, 0.25) is 0 Å². The van der Waals surface area contributed by atoms with Gasteiger partial charge in [0.2, 0.25) is 0 Å². The number of thioether (sulfide) groups is 1. The summed E-state index contributed by atoms with van der Waals surface area (Å²) >= 11 is 4.68. The van der Waals surface area contributed by atoms with E-state index in [1.165, 1.54) is 18.9 Å². The minimum atomic E-state index is -0.248. The molecular weight excluding hydrogens is 254 g/mol. The number of pyridine rings is 1. The molecule has 0 fully saturated rings. The van der Waals surface area contributed by atoms with E-state index >= 15 is 0 Å². The number of nitrogens with zero attached hydrogens (tertiary/aromatic N) is 1. The van der Waals surface area contributed by atoms with E-state index in [4.69, 9.17) is 0 Å². The summed E-state index contributed by atoms with van der Waals surface area (Å²) in [4.78, 5) is 14.9. The van der Waals surface area contributed by atoms with Crippen LogP contribution in [0.5, 0.6) is 0 Å². The Morgan fingerprint density at radius 2 is 2.54 bits per heavy atom. The van der Waals surface area contributed by atoms with Crippen molar-refractivity contribution in [3.05, 3.63) is 22.8 Å². The molecule has 0 amide bonds. The number of carbonyl (C=O) groups excluding carboxylic acids is 1. The van der Waals surface area contributed by atoms with Gasteiger partial charge in [0, 0.05) is 10.7 Å². The molecule has 0 unspecified atom stereocenters. The van der Waals surface area contributed by atoms with Gasteiger partial charge in [0.25, 0.3) is 0 Å². The Labute approximate surface area is 89.0 Å². The molecule has 70 valence electrons. The molecule has 1 rings (SSSR count). The zero-order valence-corrected chi connectivity index (χ0v) is 9.39. The van der Waals surface area contributed by atoms with Gasteiger partial charge in [0.15, 0.2) is 0 Å². The van der Waals surface area contributed by atoms with Crippen molar-refractivity contribution in [1.82, 2.24) is 4.98 Å². The maximum Gasteiger partial charge on any atom is 0.316 e. The van der Waals surface area contributed by atoms with Gasteiger partial charge in [-0.05, 0) is 28.1 Å². The molecule has 0 aliphatic heterocycles. The first-order valence-corrected chi connectivity index (χ1v) is 5.32. The molecule has 0 radical (unpaired) electrons. The van der Waals surface area contributed by atoms with Crippen molar-refractivity contribution in [2.75, 3.05) is 12.9 Å². The lowest BCUT2D eigenvalue weighted by Gasteiger charge is -2.00. The summed E-state index contributed by atoms with van der Waals surface area (Å²) in [6.45, 7) is 0. The summed E-state index contributed by atoms with van der Waals surface area (Å²) in [5, 5.41) is 0.799. The highest BCUT2D eigenvalue weighted by atomic mass is 79.9. The van der Waals surface area contributed by atoms with E-state index in [0.717, 1.165) is 9.50 Å². The first kappa shape index (κ1) is 10.5. The predicted octanol–water partition coefficient (Wildman–Crippen LogP) is 2.11. The van der Waals surface area contributed by atoms with Gasteiger partial charge < -0.3 is 4.74 Å². The Morgan fingerprint density at radius 3 is 3.15 bits per heavy atom. The highest BCUT2D eigenvalue weighted by molar-refractivity contribution is 9.10. The van der Waals surface area contributed by atoms with Crippen LogP contribution in [-0.4, -0.2) is 23.8 Å². The molecule has 1 aromatic heterocycles. The molecule has 13 heavy (non-hydrogen) atoms. The molecule has 0 atom stereocenters. The molecule has 0 N–H and O–H groups in total. The van der Waals surface area contributed by atoms with Crippen molar-refractivity contribution in [2.24, 2.45) is 0 Å². The number of ether oxygens (including phenoxy) is 1. The van der Waals surface area contributed by atoms with Gasteiger partial charge >= 0.3 is 5.97 Å². The average molecular weight is 262 g/mol. The Bertz CT molecular complexity index is 306. The molecule has 5 heteroatoms. The third-order valence-corrected chi connectivity index (χ3v) is 3.16. The predicted molar refractivity (Wildman–Crippen MR) is 54.7 cm³/mol. The second kappa shape index (κ2) is 5.24. The van der Waals surface area contributed by atoms with E-state index < -0.39 is 0 Å². The van der Waals surface area contributed by atoms with Gasteiger partial charge in [0.05, 0.1) is 12.9 Å². The van der Waals surface area contributed by atoms with E-state index in [-0.39, 0.29) is 11.7 Å². The Morgan fingerprint density at radius 1 is 1.77 bits per heavy atom. The van der Waals surface area contributed by atoms with Crippen molar-refractivity contribution in [1.29, 1.82) is 0 Å². The van der Waals surface area contributed by atoms with Gasteiger partial charge in [0.1, 0.15) is 5.03 Å². The number of hydrogen-bond donors (Lipinski definition) is 0. The van der Waals surface area contributed by atoms with Crippen molar-refractivity contribution in [2.45, 2.75) is 5.03 Å². The lowest BCUT2D eigenvalue weighted by atomic mass is 10.5. The molecule has 0 saturated carbocycles. The second-order valence-corrected chi connectivity index (χ2v) is 3.97. The molecular formula is C8H8BrNO2S. The van der Waals surface area contributed by atoms with Crippen molar-refractivity contribution < 1.29 is 9.53 Å². The largest absolute Gasteiger partial charge is 0.468 e. The number of halogens is 1. The zero-order valence-electron chi connectivity index (χ0n) is 6.99. The quantitative estimate of drug-likeness (QED) is 0.617. The van der Waals surface area contributed by atoms with E-state index in [9.17, 15) is 4.79 Å². The second-order valence-electron chi connectivity index (χ2n) is 2.16. The smallest absolute Gasteiger partial charge is 0.316 e. The van der Waals surface area contributed by atoms with Crippen molar-refractivity contribution >= 4 is 33.7 Å². The van der Waals surface area contributed by atoms with E-state index in [1.807, 2.05) is 12.1 Å². The molecule has 0 bridgehead atoms. The molecule has 0 aliphatic rings. The summed E-state index contributed by atoms with van der Waals surface area (Å²) < 4.78 is 5.40. The van der Waals surface area contributed by atoms with Crippen molar-refractivity contribution in [3.63, 3.8) is 0 Å². The van der Waals surface area contributed by atoms with E-state index in [0.29, 0.717) is 0 Å². The summed E-state index contributed by atoms with van der Waals surface area (Å²) in [6, 6.07) is 3.71. The van der Waals surface area contributed by atoms with Gasteiger partial charge in [-0.2, -0.15) is 0 Å². The number of hydrogen-bond acceptors (Lipinski definition) is 4. The van der Waals surface area contributed by atoms with Crippen LogP contribution in [0, 0.1) is 0 Å². The van der Waals surface area contributed by atoms with Crippen molar-refractivity contribution in [3.8, 4) is 0 Å². The van der Waals surface area contributed by atoms with Gasteiger partial charge in [-0.15, -0.1) is 0 Å². The number of rotatable bonds is 3. The van der Waals surface area contributed by atoms with Crippen LogP contribution in [0.4, 0.5) is 0 Å². The number of esters is 1. The summed E-state index contributed by atoms with van der Waals surface area (Å²) in [5.74, 6) is 0.0362. The fraction of sp³-hybridized carbons (Fsp3) is 0.250. The molecule has 1 aromatic rings. The van der Waals surface area contributed by atoms with Crippen LogP contribution in [-0.2, 0) is 9.53 Å². The third-order valence-electron chi connectivity index (χ3n) is 1.28. The summed E-state index contributed by atoms with van der Waals surface area (Å²) in [6.07, 6.45) is 1.68. The highest BCUT2D eigenvalue weighted by Gasteiger charge is 2.05. The minimum Gasteiger partial charge on any atom is -0.468 e. The van der Waals surface area contributed by atoms with Gasteiger partial charge in [-0.3, -0.25) is 4.79 Å². The SMILES string of the molecule is COC(=O)CSc1ncccc1Br. The molecule has 0 spiro atoms. The maximum absolute atomic E-state index is 10.8. The molecule has 0 saturated heterocycles. The third kappa shape index (κ3) is 3.36. The zero-order chi connectivity index (χ0) is 9.68. The van der Waals surface area contributed by atoms with E-state index in [2.05, 4.69) is 25.7 Å². The minimum absolute atomic E-state index is 0.248. The number of carbonyl (C=O) groups is 1. The van der Waals surface area contributed by atoms with E-state index in [1.54, 1.807) is 6.20 Å². The lowest BCUT2D eigenvalue weighted by molar-refractivity contribution is -0.137. The summed E-state index contributed by atoms with van der Waals surface area (Å²) in [5.41, 5.74) is 0. The molecule has 0 aliphatic carbocycles. The van der Waals surface area contributed by atoms with Crippen LogP contribution in [0.3, 0.4) is 0 Å². The normalized spacial score (nSPS) is 9.69. The maximum atomic E-state index is 10.8. The fourth-order valence-electron chi connectivity index (χ4n) is 0.664. The Hall–Kier alpha value is -0.550. The van der Waals surface area contributed by atoms with Gasteiger partial charge in [-0.1, -0.05) is 11.8 Å². The number of methoxy groups -OCH3 is 1. The van der Waals surface area contributed by atoms with Gasteiger partial charge in [-0.25, -0.2) is 4.98 Å². The highest BCUT2D eigenvalue weighted by Crippen LogP contribution is 2.24. The van der Waals surface area contributed by atoms with Crippen LogP contribution in [0.1, 0.15) is 0 Å². The summed E-state index contributed by atoms with van der Waals surface area (Å²) in [7, 11) is 1.37. The van der Waals surface area contributed by atoms with Crippen LogP contribution < -0.4 is 0 Å². The van der Waals surface area contributed by atoms with Crippen LogP contribution in [0.15, 0.2) is 27.8 Å². The van der Waals surface area contributed by atoms with Crippen LogP contribution in [0.25, 0.3) is 0 Å². The monoisotopic (exact) mass is 261 g/mol. The standard InChI is InChI=1S/C8H8BrNO2S/c1-12-7(11)5-13-8-6(9)3-2-4-10-8/h2-4H,5H2,1H3. The Kier molecular flexibility index (Phi) is 4.24. The molecule has 0 aromatic carbocycles. The molecule has 1 heterocycles. The fourth-order valence-corrected chi connectivity index (χ4v) is 1.98.